The summed E-state index contributed by atoms with van der Waals surface area (Å²) in [7, 11) is 0. The first kappa shape index (κ1) is 24.6. The molecule has 2 aliphatic heterocycles. The van der Waals surface area contributed by atoms with Gasteiger partial charge in [-0.3, -0.25) is 9.69 Å². The average molecular weight is 588 g/mol. The van der Waals surface area contributed by atoms with E-state index in [0.717, 1.165) is 11.1 Å². The molecule has 36 heavy (non-hydrogen) atoms. The van der Waals surface area contributed by atoms with Gasteiger partial charge in [-0.25, -0.2) is 4.39 Å². The number of thioether (sulfide) groups is 1. The summed E-state index contributed by atoms with van der Waals surface area (Å²) < 4.78 is 36.9. The van der Waals surface area contributed by atoms with E-state index in [-0.39, 0.29) is 25.1 Å². The van der Waals surface area contributed by atoms with Crippen LogP contribution in [-0.4, -0.2) is 23.6 Å². The van der Waals surface area contributed by atoms with Crippen LogP contribution in [0.3, 0.4) is 0 Å². The first-order chi connectivity index (χ1) is 17.4. The van der Waals surface area contributed by atoms with Crippen LogP contribution in [0.15, 0.2) is 64.0 Å². The van der Waals surface area contributed by atoms with Gasteiger partial charge < -0.3 is 18.9 Å². The number of nitrogens with zero attached hydrogens (tertiary/aromatic N) is 1. The lowest BCUT2D eigenvalue weighted by atomic mass is 10.1. The number of ether oxygens (including phenoxy) is 4. The van der Waals surface area contributed by atoms with Gasteiger partial charge in [-0.15, -0.1) is 0 Å². The van der Waals surface area contributed by atoms with Gasteiger partial charge in [-0.05, 0) is 76.5 Å². The Bertz CT molecular complexity index is 1380. The van der Waals surface area contributed by atoms with Crippen LogP contribution in [-0.2, 0) is 11.4 Å². The number of carbonyl (C=O) groups is 1. The minimum absolute atomic E-state index is 0.151. The van der Waals surface area contributed by atoms with Crippen molar-refractivity contribution in [1.29, 1.82) is 0 Å². The molecule has 1 fully saturated rings. The Hall–Kier alpha value is -3.08. The van der Waals surface area contributed by atoms with E-state index in [2.05, 4.69) is 15.9 Å². The second-order valence-corrected chi connectivity index (χ2v) is 10.3. The number of hydrogen-bond donors (Lipinski definition) is 0. The Morgan fingerprint density at radius 3 is 2.67 bits per heavy atom. The van der Waals surface area contributed by atoms with Gasteiger partial charge in [0.25, 0.3) is 5.91 Å². The van der Waals surface area contributed by atoms with Crippen molar-refractivity contribution >= 4 is 61.9 Å². The fourth-order valence-electron chi connectivity index (χ4n) is 3.68. The highest BCUT2D eigenvalue weighted by atomic mass is 79.9. The van der Waals surface area contributed by atoms with Crippen molar-refractivity contribution in [3.63, 3.8) is 0 Å². The molecule has 6 nitrogen and oxygen atoms in total. The molecule has 2 heterocycles. The molecule has 10 heteroatoms. The molecule has 3 aromatic rings. The number of carbonyl (C=O) groups excluding carboxylic acids is 1. The van der Waals surface area contributed by atoms with E-state index in [1.807, 2.05) is 13.0 Å². The SMILES string of the molecule is CCOc1cc(/C=C2\SC(=S)N(c3ccc4c(c3)OCO4)C2=O)cc(Br)c1OCc1ccc(F)cc1. The van der Waals surface area contributed by atoms with Crippen LogP contribution < -0.4 is 23.8 Å². The standard InChI is InChI=1S/C26H19BrFNO5S2/c1-2-31-22-10-16(9-19(27)24(22)32-13-15-3-5-17(28)6-4-15)11-23-25(30)29(26(35)36-23)18-7-8-20-21(12-18)34-14-33-20/h3-12H,2,13-14H2,1H3/b23-11-. The van der Waals surface area contributed by atoms with Gasteiger partial charge >= 0.3 is 0 Å². The van der Waals surface area contributed by atoms with E-state index in [1.54, 1.807) is 42.5 Å². The molecule has 0 atom stereocenters. The summed E-state index contributed by atoms with van der Waals surface area (Å²) in [5.74, 6) is 1.72. The zero-order valence-electron chi connectivity index (χ0n) is 19.0. The lowest BCUT2D eigenvalue weighted by molar-refractivity contribution is -0.113. The molecule has 0 aromatic heterocycles. The van der Waals surface area contributed by atoms with Crippen LogP contribution in [0.2, 0.25) is 0 Å². The number of amides is 1. The first-order valence-electron chi connectivity index (χ1n) is 10.9. The molecule has 0 N–H and O–H groups in total. The monoisotopic (exact) mass is 587 g/mol. The number of hydrogen-bond acceptors (Lipinski definition) is 7. The lowest BCUT2D eigenvalue weighted by Gasteiger charge is -2.15. The molecule has 0 bridgehead atoms. The molecular weight excluding hydrogens is 569 g/mol. The molecule has 0 unspecified atom stereocenters. The summed E-state index contributed by atoms with van der Waals surface area (Å²) in [4.78, 5) is 15.2. The van der Waals surface area contributed by atoms with Crippen LogP contribution in [0.5, 0.6) is 23.0 Å². The van der Waals surface area contributed by atoms with E-state index in [0.29, 0.717) is 49.0 Å². The second kappa shape index (κ2) is 10.5. The molecule has 0 spiro atoms. The van der Waals surface area contributed by atoms with Gasteiger partial charge in [0.05, 0.1) is 21.7 Å². The van der Waals surface area contributed by atoms with Crippen LogP contribution in [0.1, 0.15) is 18.1 Å². The van der Waals surface area contributed by atoms with Crippen LogP contribution in [0, 0.1) is 5.82 Å². The number of fused-ring (bicyclic) bond motifs is 1. The second-order valence-electron chi connectivity index (χ2n) is 7.73. The Kier molecular flexibility index (Phi) is 7.17. The van der Waals surface area contributed by atoms with Gasteiger partial charge in [0.1, 0.15) is 12.4 Å². The molecule has 184 valence electrons. The van der Waals surface area contributed by atoms with Gasteiger partial charge in [-0.1, -0.05) is 36.1 Å². The van der Waals surface area contributed by atoms with Gasteiger partial charge in [0.2, 0.25) is 6.79 Å². The fourth-order valence-corrected chi connectivity index (χ4v) is 5.55. The topological polar surface area (TPSA) is 57.2 Å². The van der Waals surface area contributed by atoms with Gasteiger partial charge in [0, 0.05) is 6.07 Å². The van der Waals surface area contributed by atoms with Crippen molar-refractivity contribution in [2.45, 2.75) is 13.5 Å². The fraction of sp³-hybridized carbons (Fsp3) is 0.154. The number of anilines is 1. The third-order valence-corrected chi connectivity index (χ3v) is 7.23. The van der Waals surface area contributed by atoms with E-state index in [1.165, 1.54) is 28.8 Å². The van der Waals surface area contributed by atoms with Gasteiger partial charge in [-0.2, -0.15) is 0 Å². The highest BCUT2D eigenvalue weighted by Gasteiger charge is 2.34. The summed E-state index contributed by atoms with van der Waals surface area (Å²) in [6, 6.07) is 15.0. The molecule has 0 radical (unpaired) electrons. The lowest BCUT2D eigenvalue weighted by Crippen LogP contribution is -2.27. The maximum absolute atomic E-state index is 13.2. The molecule has 3 aromatic carbocycles. The van der Waals surface area contributed by atoms with E-state index in [9.17, 15) is 9.18 Å². The van der Waals surface area contributed by atoms with Crippen LogP contribution in [0.25, 0.3) is 6.08 Å². The Morgan fingerprint density at radius 1 is 1.11 bits per heavy atom. The van der Waals surface area contributed by atoms with Crippen molar-refractivity contribution < 1.29 is 28.1 Å². The summed E-state index contributed by atoms with van der Waals surface area (Å²) in [5.41, 5.74) is 2.18. The third kappa shape index (κ3) is 5.07. The van der Waals surface area contributed by atoms with Crippen molar-refractivity contribution in [3.8, 4) is 23.0 Å². The molecule has 1 amide bonds. The maximum Gasteiger partial charge on any atom is 0.270 e. The van der Waals surface area contributed by atoms with E-state index >= 15 is 0 Å². The first-order valence-corrected chi connectivity index (χ1v) is 13.0. The highest BCUT2D eigenvalue weighted by Crippen LogP contribution is 2.42. The van der Waals surface area contributed by atoms with Crippen molar-refractivity contribution in [1.82, 2.24) is 0 Å². The van der Waals surface area contributed by atoms with Crippen molar-refractivity contribution in [3.05, 3.63) is 80.9 Å². The van der Waals surface area contributed by atoms with Crippen LogP contribution >= 0.6 is 39.9 Å². The number of benzene rings is 3. The number of halogens is 2. The molecular formula is C26H19BrFNO5S2. The minimum atomic E-state index is -0.303. The van der Waals surface area contributed by atoms with Crippen LogP contribution in [0.4, 0.5) is 10.1 Å². The minimum Gasteiger partial charge on any atom is -0.490 e. The Balaban J connectivity index is 1.39. The predicted molar refractivity (Wildman–Crippen MR) is 144 cm³/mol. The number of rotatable bonds is 7. The average Bonchev–Trinajstić information content (AvgIpc) is 3.43. The largest absolute Gasteiger partial charge is 0.490 e. The Labute approximate surface area is 225 Å². The van der Waals surface area contributed by atoms with E-state index in [4.69, 9.17) is 31.2 Å². The normalized spacial score (nSPS) is 15.6. The summed E-state index contributed by atoms with van der Waals surface area (Å²) >= 11 is 10.3. The quantitative estimate of drug-likeness (QED) is 0.225. The summed E-state index contributed by atoms with van der Waals surface area (Å²) in [6.45, 7) is 2.69. The summed E-state index contributed by atoms with van der Waals surface area (Å²) in [6.07, 6.45) is 1.77. The molecule has 5 rings (SSSR count). The molecule has 0 aliphatic carbocycles. The highest BCUT2D eigenvalue weighted by molar-refractivity contribution is 9.10. The smallest absolute Gasteiger partial charge is 0.270 e. The van der Waals surface area contributed by atoms with Crippen molar-refractivity contribution in [2.75, 3.05) is 18.3 Å². The van der Waals surface area contributed by atoms with Gasteiger partial charge in [0.15, 0.2) is 27.3 Å². The van der Waals surface area contributed by atoms with E-state index < -0.39 is 0 Å². The number of thiocarbonyl (C=S) groups is 1. The summed E-state index contributed by atoms with van der Waals surface area (Å²) in [5, 5.41) is 0. The third-order valence-electron chi connectivity index (χ3n) is 5.33. The maximum atomic E-state index is 13.2. The molecule has 0 saturated carbocycles. The zero-order chi connectivity index (χ0) is 25.2. The predicted octanol–water partition coefficient (Wildman–Crippen LogP) is 6.70. The van der Waals surface area contributed by atoms with Crippen molar-refractivity contribution in [2.24, 2.45) is 0 Å². The molecule has 2 aliphatic rings. The Morgan fingerprint density at radius 2 is 1.89 bits per heavy atom. The molecule has 1 saturated heterocycles. The zero-order valence-corrected chi connectivity index (χ0v) is 22.2.